The molecule has 0 saturated carbocycles. The average molecular weight is 160 g/mol. The molecule has 0 spiro atoms. The Kier molecular flexibility index (Phi) is 3.86. The van der Waals surface area contributed by atoms with Crippen LogP contribution in [0.5, 0.6) is 0 Å². The molecule has 50 valence electrons. The summed E-state index contributed by atoms with van der Waals surface area (Å²) in [4.78, 5) is 17.3. The van der Waals surface area contributed by atoms with Crippen molar-refractivity contribution in [3.8, 4) is 0 Å². The highest BCUT2D eigenvalue weighted by atomic mass is 35.5. The summed E-state index contributed by atoms with van der Waals surface area (Å²) in [6.45, 7) is 1.96. The van der Waals surface area contributed by atoms with E-state index in [9.17, 15) is 0 Å². The second-order valence-corrected chi connectivity index (χ2v) is 3.75. The predicted molar refractivity (Wildman–Crippen MR) is 33.7 cm³/mol. The summed E-state index contributed by atoms with van der Waals surface area (Å²) in [6, 6.07) is 0. The van der Waals surface area contributed by atoms with Crippen LogP contribution < -0.4 is 0 Å². The van der Waals surface area contributed by atoms with Crippen molar-refractivity contribution in [1.29, 1.82) is 0 Å². The number of hydrogen-bond acceptors (Lipinski definition) is 3. The Labute approximate surface area is 53.8 Å². The third-order valence-electron chi connectivity index (χ3n) is 0.492. The smallest absolute Gasteiger partial charge is 0.192 e. The van der Waals surface area contributed by atoms with E-state index >= 15 is 0 Å². The molecule has 0 saturated heterocycles. The molecule has 3 nitrogen and oxygen atoms in total. The first kappa shape index (κ1) is 8.60. The van der Waals surface area contributed by atoms with Gasteiger partial charge in [-0.05, 0) is 6.92 Å². The summed E-state index contributed by atoms with van der Waals surface area (Å²) >= 11 is 5.10. The molecular weight excluding hydrogens is 150 g/mol. The second-order valence-electron chi connectivity index (χ2n) is 1.20. The lowest BCUT2D eigenvalue weighted by atomic mass is 10.9. The number of hydrogen-bond donors (Lipinski definition) is 2. The van der Waals surface area contributed by atoms with Gasteiger partial charge in [0.15, 0.2) is 0 Å². The van der Waals surface area contributed by atoms with Crippen LogP contribution in [0.2, 0.25) is 0 Å². The Bertz CT molecular complexity index is 67.5. The largest absolute Gasteiger partial charge is 0.421 e. The Hall–Kier alpha value is 0.600. The number of halogens is 1. The molecule has 0 aromatic rings. The maximum absolute atomic E-state index is 8.64. The standard InChI is InChI=1S/C3H9ClO3P/c1-2-7-8(5,6)3-4/h5-6H,2-3H2,1H3/q+1. The fourth-order valence-electron chi connectivity index (χ4n) is 0.241. The maximum Gasteiger partial charge on any atom is 0.421 e. The van der Waals surface area contributed by atoms with Gasteiger partial charge in [-0.1, -0.05) is 11.6 Å². The van der Waals surface area contributed by atoms with Crippen LogP contribution in [0.1, 0.15) is 6.92 Å². The molecule has 0 aliphatic heterocycles. The molecule has 0 aliphatic carbocycles. The monoisotopic (exact) mass is 159 g/mol. The quantitative estimate of drug-likeness (QED) is 0.477. The molecule has 8 heavy (non-hydrogen) atoms. The van der Waals surface area contributed by atoms with Crippen LogP contribution in [0.4, 0.5) is 0 Å². The third-order valence-corrected chi connectivity index (χ3v) is 2.41. The zero-order chi connectivity index (χ0) is 6.62. The summed E-state index contributed by atoms with van der Waals surface area (Å²) in [5.41, 5.74) is -0.221. The van der Waals surface area contributed by atoms with E-state index in [0.29, 0.717) is 0 Å². The van der Waals surface area contributed by atoms with E-state index in [1.54, 1.807) is 6.92 Å². The first-order valence-electron chi connectivity index (χ1n) is 2.16. The molecule has 0 rings (SSSR count). The zero-order valence-electron chi connectivity index (χ0n) is 4.54. The first-order valence-corrected chi connectivity index (χ1v) is 4.49. The van der Waals surface area contributed by atoms with Gasteiger partial charge in [-0.15, -0.1) is 0 Å². The van der Waals surface area contributed by atoms with Crippen LogP contribution in [0.3, 0.4) is 0 Å². The first-order chi connectivity index (χ1) is 3.62. The van der Waals surface area contributed by atoms with Crippen LogP contribution in [0, 0.1) is 0 Å². The molecule has 0 aromatic carbocycles. The van der Waals surface area contributed by atoms with E-state index < -0.39 is 7.94 Å². The Morgan fingerprint density at radius 1 is 1.62 bits per heavy atom. The van der Waals surface area contributed by atoms with E-state index in [-0.39, 0.29) is 12.2 Å². The van der Waals surface area contributed by atoms with Crippen molar-refractivity contribution >= 4 is 19.5 Å². The van der Waals surface area contributed by atoms with Gasteiger partial charge < -0.3 is 0 Å². The molecule has 0 unspecified atom stereocenters. The Balaban J connectivity index is 3.37. The highest BCUT2D eigenvalue weighted by Gasteiger charge is 2.33. The highest BCUT2D eigenvalue weighted by Crippen LogP contribution is 2.51. The van der Waals surface area contributed by atoms with E-state index in [1.807, 2.05) is 0 Å². The Morgan fingerprint density at radius 3 is 2.25 bits per heavy atom. The molecule has 0 heterocycles. The van der Waals surface area contributed by atoms with E-state index in [2.05, 4.69) is 4.52 Å². The number of rotatable bonds is 3. The predicted octanol–water partition coefficient (Wildman–Crippen LogP) is 0.966. The fourth-order valence-corrected chi connectivity index (χ4v) is 0.931. The summed E-state index contributed by atoms with van der Waals surface area (Å²) in [7, 11) is -3.16. The van der Waals surface area contributed by atoms with Gasteiger partial charge in [0.05, 0.1) is 6.61 Å². The lowest BCUT2D eigenvalue weighted by Gasteiger charge is -2.04. The van der Waals surface area contributed by atoms with Gasteiger partial charge in [0.2, 0.25) is 5.62 Å². The van der Waals surface area contributed by atoms with E-state index in [4.69, 9.17) is 21.4 Å². The van der Waals surface area contributed by atoms with Crippen LogP contribution in [-0.2, 0) is 4.52 Å². The van der Waals surface area contributed by atoms with Gasteiger partial charge in [0.1, 0.15) is 0 Å². The molecule has 0 radical (unpaired) electrons. The summed E-state index contributed by atoms with van der Waals surface area (Å²) < 4.78 is 4.47. The van der Waals surface area contributed by atoms with Gasteiger partial charge in [0.25, 0.3) is 0 Å². The van der Waals surface area contributed by atoms with Gasteiger partial charge in [-0.25, -0.2) is 0 Å². The molecule has 0 aromatic heterocycles. The molecular formula is C3H9ClO3P+. The van der Waals surface area contributed by atoms with Crippen molar-refractivity contribution in [2.45, 2.75) is 6.92 Å². The second kappa shape index (κ2) is 3.59. The normalized spacial score (nSPS) is 12.0. The minimum Gasteiger partial charge on any atom is -0.192 e. The maximum atomic E-state index is 8.64. The molecule has 2 N–H and O–H groups in total. The minimum atomic E-state index is -3.16. The summed E-state index contributed by atoms with van der Waals surface area (Å²) in [6.07, 6.45) is 0. The lowest BCUT2D eigenvalue weighted by molar-refractivity contribution is 0.245. The van der Waals surface area contributed by atoms with Crippen molar-refractivity contribution in [2.24, 2.45) is 0 Å². The topological polar surface area (TPSA) is 49.7 Å². The number of alkyl halides is 1. The highest BCUT2D eigenvalue weighted by molar-refractivity contribution is 7.61. The SMILES string of the molecule is CCO[P+](O)(O)CCl. The molecule has 0 atom stereocenters. The van der Waals surface area contributed by atoms with Gasteiger partial charge in [-0.2, -0.15) is 14.3 Å². The lowest BCUT2D eigenvalue weighted by Crippen LogP contribution is -1.96. The average Bonchev–Trinajstić information content (AvgIpc) is 1.67. The van der Waals surface area contributed by atoms with Crippen LogP contribution >= 0.6 is 19.5 Å². The van der Waals surface area contributed by atoms with E-state index in [0.717, 1.165) is 0 Å². The molecule has 0 fully saturated rings. The van der Waals surface area contributed by atoms with Crippen LogP contribution in [0.25, 0.3) is 0 Å². The molecule has 0 amide bonds. The van der Waals surface area contributed by atoms with Crippen LogP contribution in [-0.4, -0.2) is 22.0 Å². The van der Waals surface area contributed by atoms with Crippen molar-refractivity contribution in [1.82, 2.24) is 0 Å². The minimum absolute atomic E-state index is 0.221. The van der Waals surface area contributed by atoms with Crippen molar-refractivity contribution in [3.05, 3.63) is 0 Å². The molecule has 0 bridgehead atoms. The van der Waals surface area contributed by atoms with Gasteiger partial charge in [0, 0.05) is 0 Å². The van der Waals surface area contributed by atoms with E-state index in [1.165, 1.54) is 0 Å². The van der Waals surface area contributed by atoms with Crippen molar-refractivity contribution in [3.63, 3.8) is 0 Å². The summed E-state index contributed by atoms with van der Waals surface area (Å²) in [5, 5.41) is 0. The van der Waals surface area contributed by atoms with Gasteiger partial charge in [-0.3, -0.25) is 0 Å². The van der Waals surface area contributed by atoms with Crippen molar-refractivity contribution < 1.29 is 14.3 Å². The molecule has 0 aliphatic rings. The fraction of sp³-hybridized carbons (Fsp3) is 1.00. The molecule has 5 heteroatoms. The summed E-state index contributed by atoms with van der Waals surface area (Å²) in [5.74, 6) is 0. The Morgan fingerprint density at radius 2 is 2.12 bits per heavy atom. The van der Waals surface area contributed by atoms with Crippen LogP contribution in [0.15, 0.2) is 0 Å². The third kappa shape index (κ3) is 3.58. The zero-order valence-corrected chi connectivity index (χ0v) is 6.19. The van der Waals surface area contributed by atoms with Gasteiger partial charge >= 0.3 is 7.94 Å². The van der Waals surface area contributed by atoms with Crippen molar-refractivity contribution in [2.75, 3.05) is 12.2 Å².